The van der Waals surface area contributed by atoms with Crippen LogP contribution in [-0.4, -0.2) is 42.2 Å². The Kier molecular flexibility index (Phi) is 8.07. The molecule has 38 heavy (non-hydrogen) atoms. The molecule has 0 atom stereocenters. The van der Waals surface area contributed by atoms with Crippen LogP contribution in [0, 0.1) is 12.7 Å². The number of aromatic nitrogens is 2. The van der Waals surface area contributed by atoms with Gasteiger partial charge < -0.3 is 4.90 Å². The zero-order chi connectivity index (χ0) is 27.1. The van der Waals surface area contributed by atoms with Gasteiger partial charge in [0, 0.05) is 39.3 Å². The molecule has 0 spiro atoms. The molecule has 0 N–H and O–H groups in total. The molecule has 1 aliphatic heterocycles. The second kappa shape index (κ2) is 11.0. The Bertz CT molecular complexity index is 1390. The van der Waals surface area contributed by atoms with Crippen molar-refractivity contribution in [3.8, 4) is 0 Å². The summed E-state index contributed by atoms with van der Waals surface area (Å²) in [7, 11) is -3.88. The van der Waals surface area contributed by atoms with E-state index in [-0.39, 0.29) is 10.5 Å². The van der Waals surface area contributed by atoms with Crippen LogP contribution in [-0.2, 0) is 21.1 Å². The first kappa shape index (κ1) is 27.8. The van der Waals surface area contributed by atoms with Gasteiger partial charge in [0.1, 0.15) is 10.6 Å². The highest BCUT2D eigenvalue weighted by molar-refractivity contribution is 9.10. The van der Waals surface area contributed by atoms with Crippen LogP contribution in [0.2, 0.25) is 5.02 Å². The predicted octanol–water partition coefficient (Wildman–Crippen LogP) is 7.26. The lowest BCUT2D eigenvalue weighted by molar-refractivity contribution is 0.109. The first-order chi connectivity index (χ1) is 18.1. The molecule has 2 aromatic carbocycles. The summed E-state index contributed by atoms with van der Waals surface area (Å²) in [5, 5.41) is 5.10. The number of piperidine rings is 1. The number of hydrogen-bond donors (Lipinski definition) is 0. The number of rotatable bonds is 6. The van der Waals surface area contributed by atoms with E-state index in [1.54, 1.807) is 24.3 Å². The third-order valence-corrected chi connectivity index (χ3v) is 11.8. The average Bonchev–Trinajstić information content (AvgIpc) is 3.30. The molecule has 2 fully saturated rings. The summed E-state index contributed by atoms with van der Waals surface area (Å²) in [4.78, 5) is 2.71. The van der Waals surface area contributed by atoms with E-state index in [4.69, 9.17) is 11.6 Å². The van der Waals surface area contributed by atoms with Crippen molar-refractivity contribution in [3.05, 3.63) is 80.8 Å². The van der Waals surface area contributed by atoms with Crippen molar-refractivity contribution < 1.29 is 12.8 Å². The lowest BCUT2D eigenvalue weighted by atomic mass is 9.79. The van der Waals surface area contributed by atoms with Crippen LogP contribution in [0.3, 0.4) is 0 Å². The van der Waals surface area contributed by atoms with E-state index in [2.05, 4.69) is 43.6 Å². The molecule has 0 bridgehead atoms. The van der Waals surface area contributed by atoms with E-state index in [9.17, 15) is 8.42 Å². The molecule has 1 saturated heterocycles. The number of benzene rings is 2. The maximum Gasteiger partial charge on any atom is 0.188 e. The Morgan fingerprint density at radius 1 is 1.05 bits per heavy atom. The maximum absolute atomic E-state index is 15.4. The molecule has 0 unspecified atom stereocenters. The van der Waals surface area contributed by atoms with Gasteiger partial charge in [0.15, 0.2) is 9.84 Å². The fourth-order valence-corrected chi connectivity index (χ4v) is 9.16. The monoisotopic (exact) mass is 621 g/mol. The number of aryl methyl sites for hydroxylation is 2. The molecule has 1 aliphatic carbocycles. The van der Waals surface area contributed by atoms with Gasteiger partial charge in [-0.05, 0) is 108 Å². The Morgan fingerprint density at radius 3 is 2.32 bits per heavy atom. The van der Waals surface area contributed by atoms with Crippen LogP contribution >= 0.6 is 27.5 Å². The summed E-state index contributed by atoms with van der Waals surface area (Å²) in [6, 6.07) is 13.5. The van der Waals surface area contributed by atoms with Crippen LogP contribution < -0.4 is 0 Å². The zero-order valence-electron chi connectivity index (χ0n) is 21.8. The standard InChI is InChI=1S/C29H34BrClFN3O2S/c1-3-35-28(18-20(2)33-35)21-12-16-34(17-13-21)24-10-14-29(15-11-24,26-9-4-22(30)19-27(26)32)38(36,37)25-7-5-23(31)6-8-25/h4-9,18-19,21,24H,3,10-17H2,1-2H3. The van der Waals surface area contributed by atoms with E-state index >= 15 is 4.39 Å². The van der Waals surface area contributed by atoms with Gasteiger partial charge in [-0.15, -0.1) is 0 Å². The molecular formula is C29H34BrClFN3O2S. The van der Waals surface area contributed by atoms with E-state index in [0.29, 0.717) is 47.1 Å². The summed E-state index contributed by atoms with van der Waals surface area (Å²) in [6.45, 7) is 7.01. The maximum atomic E-state index is 15.4. The molecule has 2 heterocycles. The molecule has 1 saturated carbocycles. The molecule has 5 nitrogen and oxygen atoms in total. The van der Waals surface area contributed by atoms with Crippen LogP contribution in [0.4, 0.5) is 4.39 Å². The Labute approximate surface area is 238 Å². The van der Waals surface area contributed by atoms with E-state index in [1.807, 2.05) is 6.92 Å². The topological polar surface area (TPSA) is 55.2 Å². The molecule has 1 aromatic heterocycles. The van der Waals surface area contributed by atoms with Crippen LogP contribution in [0.1, 0.15) is 68.3 Å². The molecule has 5 rings (SSSR count). The number of hydrogen-bond acceptors (Lipinski definition) is 4. The minimum absolute atomic E-state index is 0.186. The van der Waals surface area contributed by atoms with E-state index in [1.165, 1.54) is 23.9 Å². The van der Waals surface area contributed by atoms with Crippen molar-refractivity contribution in [3.63, 3.8) is 0 Å². The Balaban J connectivity index is 1.37. The first-order valence-corrected chi connectivity index (χ1v) is 16.0. The minimum Gasteiger partial charge on any atom is -0.300 e. The summed E-state index contributed by atoms with van der Waals surface area (Å²) in [6.07, 6.45) is 4.30. The van der Waals surface area contributed by atoms with Gasteiger partial charge in [-0.3, -0.25) is 4.68 Å². The van der Waals surface area contributed by atoms with Crippen molar-refractivity contribution in [2.75, 3.05) is 13.1 Å². The Hall–Kier alpha value is -1.74. The highest BCUT2D eigenvalue weighted by Crippen LogP contribution is 2.49. The minimum atomic E-state index is -3.88. The van der Waals surface area contributed by atoms with Crippen molar-refractivity contribution >= 4 is 37.4 Å². The summed E-state index contributed by atoms with van der Waals surface area (Å²) in [5.41, 5.74) is 2.65. The fourth-order valence-electron chi connectivity index (χ4n) is 6.52. The number of sulfone groups is 1. The lowest BCUT2D eigenvalue weighted by Gasteiger charge is -2.45. The van der Waals surface area contributed by atoms with Crippen LogP contribution in [0.15, 0.2) is 57.9 Å². The second-order valence-electron chi connectivity index (χ2n) is 10.6. The molecule has 0 radical (unpaired) electrons. The van der Waals surface area contributed by atoms with Gasteiger partial charge in [0.2, 0.25) is 0 Å². The fraction of sp³-hybridized carbons (Fsp3) is 0.483. The lowest BCUT2D eigenvalue weighted by Crippen LogP contribution is -2.48. The zero-order valence-corrected chi connectivity index (χ0v) is 25.0. The molecule has 9 heteroatoms. The largest absolute Gasteiger partial charge is 0.300 e. The SMILES string of the molecule is CCn1nc(C)cc1C1CCN(C2CCC(c3ccc(Br)cc3F)(S(=O)(=O)c3ccc(Cl)cc3)CC2)CC1. The number of halogens is 3. The highest BCUT2D eigenvalue weighted by Gasteiger charge is 2.50. The van der Waals surface area contributed by atoms with Gasteiger partial charge in [0.25, 0.3) is 0 Å². The first-order valence-electron chi connectivity index (χ1n) is 13.4. The second-order valence-corrected chi connectivity index (χ2v) is 14.3. The summed E-state index contributed by atoms with van der Waals surface area (Å²) >= 11 is 9.36. The van der Waals surface area contributed by atoms with Crippen molar-refractivity contribution in [2.45, 2.75) is 80.5 Å². The van der Waals surface area contributed by atoms with Crippen molar-refractivity contribution in [1.82, 2.24) is 14.7 Å². The number of nitrogens with zero attached hydrogens (tertiary/aromatic N) is 3. The Morgan fingerprint density at radius 2 is 1.71 bits per heavy atom. The molecule has 204 valence electrons. The van der Waals surface area contributed by atoms with E-state index in [0.717, 1.165) is 38.2 Å². The van der Waals surface area contributed by atoms with Crippen molar-refractivity contribution in [1.29, 1.82) is 0 Å². The summed E-state index contributed by atoms with van der Waals surface area (Å²) < 4.78 is 45.1. The smallest absolute Gasteiger partial charge is 0.188 e. The normalized spacial score (nSPS) is 23.6. The third-order valence-electron chi connectivity index (χ3n) is 8.52. The molecular weight excluding hydrogens is 589 g/mol. The van der Waals surface area contributed by atoms with Crippen molar-refractivity contribution in [2.24, 2.45) is 0 Å². The predicted molar refractivity (Wildman–Crippen MR) is 153 cm³/mol. The van der Waals surface area contributed by atoms with Gasteiger partial charge in [-0.2, -0.15) is 5.10 Å². The molecule has 2 aliphatic rings. The van der Waals surface area contributed by atoms with Gasteiger partial charge in [-0.25, -0.2) is 12.8 Å². The quantitative estimate of drug-likeness (QED) is 0.290. The van der Waals surface area contributed by atoms with Crippen LogP contribution in [0.25, 0.3) is 0 Å². The average molecular weight is 623 g/mol. The number of likely N-dealkylation sites (tertiary alicyclic amines) is 1. The van der Waals surface area contributed by atoms with Gasteiger partial charge in [0.05, 0.1) is 10.6 Å². The highest BCUT2D eigenvalue weighted by atomic mass is 79.9. The third kappa shape index (κ3) is 5.09. The molecule has 3 aromatic rings. The van der Waals surface area contributed by atoms with E-state index < -0.39 is 20.4 Å². The van der Waals surface area contributed by atoms with Gasteiger partial charge in [-0.1, -0.05) is 33.6 Å². The van der Waals surface area contributed by atoms with Crippen LogP contribution in [0.5, 0.6) is 0 Å². The summed E-state index contributed by atoms with van der Waals surface area (Å²) in [5.74, 6) is 0.0104. The van der Waals surface area contributed by atoms with Gasteiger partial charge >= 0.3 is 0 Å². The molecule has 0 amide bonds.